The van der Waals surface area contributed by atoms with Gasteiger partial charge in [0.05, 0.1) is 18.4 Å². The summed E-state index contributed by atoms with van der Waals surface area (Å²) in [5.74, 6) is 2.13. The molecule has 0 atom stereocenters. The minimum absolute atomic E-state index is 0.182. The summed E-state index contributed by atoms with van der Waals surface area (Å²) in [6.07, 6.45) is 2.22. The van der Waals surface area contributed by atoms with Crippen molar-refractivity contribution < 1.29 is 9.53 Å². The molecule has 1 aliphatic heterocycles. The SMILES string of the molecule is CCn1c(SCC(=O)N2CCCC2)nnc1-c1ccccc1OC. The Kier molecular flexibility index (Phi) is 5.40. The van der Waals surface area contributed by atoms with Crippen LogP contribution in [0, 0.1) is 0 Å². The summed E-state index contributed by atoms with van der Waals surface area (Å²) in [4.78, 5) is 14.2. The van der Waals surface area contributed by atoms with Crippen molar-refractivity contribution in [3.8, 4) is 17.1 Å². The molecular formula is C17H22N4O2S. The van der Waals surface area contributed by atoms with E-state index in [2.05, 4.69) is 17.1 Å². The molecule has 0 radical (unpaired) electrons. The molecule has 1 amide bonds. The molecular weight excluding hydrogens is 324 g/mol. The lowest BCUT2D eigenvalue weighted by Crippen LogP contribution is -2.29. The van der Waals surface area contributed by atoms with Crippen LogP contribution in [-0.2, 0) is 11.3 Å². The van der Waals surface area contributed by atoms with Gasteiger partial charge in [0.1, 0.15) is 5.75 Å². The predicted octanol–water partition coefficient (Wildman–Crippen LogP) is 2.69. The second-order valence-corrected chi connectivity index (χ2v) is 6.57. The molecule has 1 aromatic carbocycles. The summed E-state index contributed by atoms with van der Waals surface area (Å²) in [6, 6.07) is 7.77. The van der Waals surface area contributed by atoms with Gasteiger partial charge in [0.25, 0.3) is 0 Å². The first-order valence-electron chi connectivity index (χ1n) is 8.21. The number of thioether (sulfide) groups is 1. The number of likely N-dealkylation sites (tertiary alicyclic amines) is 1. The smallest absolute Gasteiger partial charge is 0.233 e. The molecule has 1 saturated heterocycles. The molecule has 24 heavy (non-hydrogen) atoms. The van der Waals surface area contributed by atoms with Gasteiger partial charge in [0.15, 0.2) is 11.0 Å². The highest BCUT2D eigenvalue weighted by Crippen LogP contribution is 2.30. The Bertz CT molecular complexity index is 710. The summed E-state index contributed by atoms with van der Waals surface area (Å²) >= 11 is 1.45. The first-order valence-corrected chi connectivity index (χ1v) is 9.20. The van der Waals surface area contributed by atoms with Crippen molar-refractivity contribution in [3.05, 3.63) is 24.3 Å². The van der Waals surface area contributed by atoms with Gasteiger partial charge in [-0.1, -0.05) is 23.9 Å². The second kappa shape index (κ2) is 7.70. The van der Waals surface area contributed by atoms with Crippen LogP contribution in [0.1, 0.15) is 19.8 Å². The van der Waals surface area contributed by atoms with Crippen molar-refractivity contribution in [2.45, 2.75) is 31.5 Å². The third-order valence-electron chi connectivity index (χ3n) is 4.16. The molecule has 2 heterocycles. The van der Waals surface area contributed by atoms with Gasteiger partial charge in [-0.05, 0) is 31.9 Å². The molecule has 0 spiro atoms. The van der Waals surface area contributed by atoms with Gasteiger partial charge in [0.2, 0.25) is 5.91 Å². The monoisotopic (exact) mass is 346 g/mol. The average molecular weight is 346 g/mol. The molecule has 1 fully saturated rings. The maximum atomic E-state index is 12.2. The fraction of sp³-hybridized carbons (Fsp3) is 0.471. The summed E-state index contributed by atoms with van der Waals surface area (Å²) in [5, 5.41) is 9.38. The quantitative estimate of drug-likeness (QED) is 0.753. The summed E-state index contributed by atoms with van der Waals surface area (Å²) < 4.78 is 7.45. The molecule has 1 aromatic heterocycles. The van der Waals surface area contributed by atoms with Crippen LogP contribution in [0.15, 0.2) is 29.4 Å². The van der Waals surface area contributed by atoms with E-state index in [0.29, 0.717) is 5.75 Å². The van der Waals surface area contributed by atoms with Crippen LogP contribution in [0.2, 0.25) is 0 Å². The number of rotatable bonds is 6. The van der Waals surface area contributed by atoms with Crippen molar-refractivity contribution in [1.29, 1.82) is 0 Å². The number of para-hydroxylation sites is 1. The Morgan fingerprint density at radius 2 is 2.00 bits per heavy atom. The first-order chi connectivity index (χ1) is 11.7. The fourth-order valence-electron chi connectivity index (χ4n) is 2.89. The lowest BCUT2D eigenvalue weighted by molar-refractivity contribution is -0.127. The highest BCUT2D eigenvalue weighted by Gasteiger charge is 2.20. The Labute approximate surface area is 146 Å². The third kappa shape index (κ3) is 3.40. The standard InChI is InChI=1S/C17H22N4O2S/c1-3-21-16(13-8-4-5-9-14(13)23-2)18-19-17(21)24-12-15(22)20-10-6-7-11-20/h4-5,8-9H,3,6-7,10-12H2,1-2H3. The number of ether oxygens (including phenoxy) is 1. The second-order valence-electron chi connectivity index (χ2n) is 5.63. The predicted molar refractivity (Wildman–Crippen MR) is 94.2 cm³/mol. The zero-order valence-electron chi connectivity index (χ0n) is 14.1. The van der Waals surface area contributed by atoms with E-state index in [1.807, 2.05) is 33.7 Å². The van der Waals surface area contributed by atoms with Crippen LogP contribution in [0.5, 0.6) is 5.75 Å². The molecule has 2 aromatic rings. The molecule has 0 bridgehead atoms. The Balaban J connectivity index is 1.78. The highest BCUT2D eigenvalue weighted by molar-refractivity contribution is 7.99. The molecule has 6 nitrogen and oxygen atoms in total. The average Bonchev–Trinajstić information content (AvgIpc) is 3.29. The molecule has 0 aliphatic carbocycles. The van der Waals surface area contributed by atoms with Crippen molar-refractivity contribution >= 4 is 17.7 Å². The molecule has 7 heteroatoms. The summed E-state index contributed by atoms with van der Waals surface area (Å²) in [6.45, 7) is 4.55. The Morgan fingerprint density at radius 3 is 2.71 bits per heavy atom. The number of amides is 1. The van der Waals surface area contributed by atoms with Gasteiger partial charge in [-0.2, -0.15) is 0 Å². The Morgan fingerprint density at radius 1 is 1.25 bits per heavy atom. The number of hydrogen-bond donors (Lipinski definition) is 0. The zero-order chi connectivity index (χ0) is 16.9. The van der Waals surface area contributed by atoms with Gasteiger partial charge in [0, 0.05) is 19.6 Å². The summed E-state index contributed by atoms with van der Waals surface area (Å²) in [5.41, 5.74) is 0.909. The number of nitrogens with zero attached hydrogens (tertiary/aromatic N) is 4. The van der Waals surface area contributed by atoms with Crippen LogP contribution in [-0.4, -0.2) is 51.5 Å². The van der Waals surface area contributed by atoms with E-state index in [0.717, 1.165) is 54.8 Å². The lowest BCUT2D eigenvalue weighted by Gasteiger charge is -2.14. The highest BCUT2D eigenvalue weighted by atomic mass is 32.2. The van der Waals surface area contributed by atoms with Crippen molar-refractivity contribution in [2.24, 2.45) is 0 Å². The van der Waals surface area contributed by atoms with Gasteiger partial charge >= 0.3 is 0 Å². The number of carbonyl (C=O) groups excluding carboxylic acids is 1. The van der Waals surface area contributed by atoms with Crippen LogP contribution < -0.4 is 4.74 Å². The van der Waals surface area contributed by atoms with E-state index in [1.54, 1.807) is 7.11 Å². The van der Waals surface area contributed by atoms with Gasteiger partial charge in [-0.3, -0.25) is 4.79 Å². The van der Waals surface area contributed by atoms with Crippen molar-refractivity contribution in [3.63, 3.8) is 0 Å². The van der Waals surface area contributed by atoms with Crippen LogP contribution >= 0.6 is 11.8 Å². The van der Waals surface area contributed by atoms with Crippen LogP contribution in [0.3, 0.4) is 0 Å². The van der Waals surface area contributed by atoms with E-state index in [9.17, 15) is 4.79 Å². The third-order valence-corrected chi connectivity index (χ3v) is 5.12. The molecule has 0 N–H and O–H groups in total. The Hall–Kier alpha value is -2.02. The minimum Gasteiger partial charge on any atom is -0.496 e. The van der Waals surface area contributed by atoms with E-state index < -0.39 is 0 Å². The van der Waals surface area contributed by atoms with E-state index in [1.165, 1.54) is 11.8 Å². The fourth-order valence-corrected chi connectivity index (χ4v) is 3.80. The van der Waals surface area contributed by atoms with Crippen molar-refractivity contribution in [1.82, 2.24) is 19.7 Å². The topological polar surface area (TPSA) is 60.2 Å². The number of benzene rings is 1. The lowest BCUT2D eigenvalue weighted by atomic mass is 10.2. The molecule has 1 aliphatic rings. The number of hydrogen-bond acceptors (Lipinski definition) is 5. The number of methoxy groups -OCH3 is 1. The first kappa shape index (κ1) is 16.8. The largest absolute Gasteiger partial charge is 0.496 e. The molecule has 128 valence electrons. The maximum absolute atomic E-state index is 12.2. The molecule has 0 unspecified atom stereocenters. The maximum Gasteiger partial charge on any atom is 0.233 e. The van der Waals surface area contributed by atoms with E-state index in [4.69, 9.17) is 4.74 Å². The number of aromatic nitrogens is 3. The van der Waals surface area contributed by atoms with Crippen LogP contribution in [0.4, 0.5) is 0 Å². The van der Waals surface area contributed by atoms with E-state index >= 15 is 0 Å². The van der Waals surface area contributed by atoms with E-state index in [-0.39, 0.29) is 5.91 Å². The molecule has 3 rings (SSSR count). The normalized spacial score (nSPS) is 14.2. The van der Waals surface area contributed by atoms with Gasteiger partial charge in [-0.25, -0.2) is 0 Å². The summed E-state index contributed by atoms with van der Waals surface area (Å²) in [7, 11) is 1.65. The van der Waals surface area contributed by atoms with Gasteiger partial charge in [-0.15, -0.1) is 10.2 Å². The number of carbonyl (C=O) groups is 1. The molecule has 0 saturated carbocycles. The van der Waals surface area contributed by atoms with Gasteiger partial charge < -0.3 is 14.2 Å². The zero-order valence-corrected chi connectivity index (χ0v) is 14.9. The van der Waals surface area contributed by atoms with Crippen molar-refractivity contribution in [2.75, 3.05) is 26.0 Å². The van der Waals surface area contributed by atoms with Crippen LogP contribution in [0.25, 0.3) is 11.4 Å². The minimum atomic E-state index is 0.182.